The molecule has 34 heavy (non-hydrogen) atoms. The van der Waals surface area contributed by atoms with E-state index >= 15 is 0 Å². The van der Waals surface area contributed by atoms with E-state index in [2.05, 4.69) is 25.8 Å². The maximum Gasteiger partial charge on any atom is 0.416 e. The summed E-state index contributed by atoms with van der Waals surface area (Å²) in [5.41, 5.74) is -1.23. The van der Waals surface area contributed by atoms with Gasteiger partial charge in [-0.05, 0) is 58.9 Å². The van der Waals surface area contributed by atoms with Crippen molar-refractivity contribution in [2.24, 2.45) is 0 Å². The Morgan fingerprint density at radius 1 is 1.18 bits per heavy atom. The number of nitrogens with zero attached hydrogens (tertiary/aromatic N) is 3. The molecule has 0 fully saturated rings. The van der Waals surface area contributed by atoms with Crippen LogP contribution in [0.3, 0.4) is 0 Å². The largest absolute Gasteiger partial charge is 0.491 e. The molecule has 8 nitrogen and oxygen atoms in total. The Balaban J connectivity index is 1.69. The lowest BCUT2D eigenvalue weighted by atomic mass is 9.93. The monoisotopic (exact) mass is 477 g/mol. The first-order chi connectivity index (χ1) is 15.8. The van der Waals surface area contributed by atoms with E-state index in [1.54, 1.807) is 26.8 Å². The molecule has 0 aliphatic heterocycles. The van der Waals surface area contributed by atoms with Gasteiger partial charge in [-0.1, -0.05) is 5.16 Å². The van der Waals surface area contributed by atoms with Gasteiger partial charge in [-0.2, -0.15) is 18.2 Å². The summed E-state index contributed by atoms with van der Waals surface area (Å²) in [5, 5.41) is 9.42. The quantitative estimate of drug-likeness (QED) is 0.459. The zero-order valence-corrected chi connectivity index (χ0v) is 19.4. The van der Waals surface area contributed by atoms with E-state index in [0.717, 1.165) is 12.1 Å². The third-order valence-electron chi connectivity index (χ3n) is 4.71. The van der Waals surface area contributed by atoms with E-state index in [-0.39, 0.29) is 23.1 Å². The predicted molar refractivity (Wildman–Crippen MR) is 120 cm³/mol. The zero-order valence-electron chi connectivity index (χ0n) is 19.4. The van der Waals surface area contributed by atoms with Gasteiger partial charge in [0.25, 0.3) is 5.91 Å². The summed E-state index contributed by atoms with van der Waals surface area (Å²) >= 11 is 0. The maximum atomic E-state index is 13.3. The second kappa shape index (κ2) is 9.70. The second-order valence-electron chi connectivity index (χ2n) is 8.68. The Labute approximate surface area is 194 Å². The number of ether oxygens (including phenoxy) is 1. The van der Waals surface area contributed by atoms with Crippen molar-refractivity contribution >= 4 is 17.4 Å². The fourth-order valence-corrected chi connectivity index (χ4v) is 2.97. The molecule has 0 saturated heterocycles. The highest BCUT2D eigenvalue weighted by molar-refractivity contribution is 6.04. The van der Waals surface area contributed by atoms with E-state index in [9.17, 15) is 18.0 Å². The number of carbonyl (C=O) groups is 1. The number of aryl methyl sites for hydroxylation is 1. The Morgan fingerprint density at radius 3 is 2.47 bits per heavy atom. The Hall–Kier alpha value is -3.63. The third kappa shape index (κ3) is 6.46. The molecule has 0 aliphatic rings. The molecule has 2 N–H and O–H groups in total. The molecule has 1 aromatic carbocycles. The van der Waals surface area contributed by atoms with Gasteiger partial charge in [0.05, 0.1) is 22.6 Å². The molecule has 2 heterocycles. The Morgan fingerprint density at radius 2 is 1.91 bits per heavy atom. The number of hydrogen-bond donors (Lipinski definition) is 2. The first kappa shape index (κ1) is 25.0. The van der Waals surface area contributed by atoms with Crippen molar-refractivity contribution in [3.8, 4) is 5.75 Å². The average Bonchev–Trinajstić information content (AvgIpc) is 3.19. The topological polar surface area (TPSA) is 102 Å². The number of halogens is 3. The van der Waals surface area contributed by atoms with Crippen molar-refractivity contribution < 1.29 is 27.2 Å². The molecule has 0 atom stereocenters. The molecule has 182 valence electrons. The smallest absolute Gasteiger partial charge is 0.416 e. The summed E-state index contributed by atoms with van der Waals surface area (Å²) < 4.78 is 50.4. The van der Waals surface area contributed by atoms with Gasteiger partial charge in [-0.15, -0.1) is 0 Å². The molecule has 0 saturated carbocycles. The van der Waals surface area contributed by atoms with Crippen LogP contribution >= 0.6 is 0 Å². The number of amides is 1. The first-order valence-corrected chi connectivity index (χ1v) is 10.5. The van der Waals surface area contributed by atoms with Crippen LogP contribution in [0.4, 0.5) is 24.7 Å². The standard InChI is InChI=1S/C23H26F3N5O3/c1-13(2)33-18-9-16(23(24,25)26)8-17(10-18)30-20(32)15-6-7-19(27-11-15)28-12-22(4,5)21-29-14(3)31-34-21/h6-11,13H,12H2,1-5H3,(H,27,28)(H,30,32). The van der Waals surface area contributed by atoms with Gasteiger partial charge in [0.2, 0.25) is 5.89 Å². The van der Waals surface area contributed by atoms with E-state index < -0.39 is 23.1 Å². The molecule has 0 radical (unpaired) electrons. The van der Waals surface area contributed by atoms with Gasteiger partial charge in [-0.3, -0.25) is 4.79 Å². The SMILES string of the molecule is Cc1noc(C(C)(C)CNc2ccc(C(=O)Nc3cc(OC(C)C)cc(C(F)(F)F)c3)cn2)n1. The predicted octanol–water partition coefficient (Wildman–Crippen LogP) is 5.22. The van der Waals surface area contributed by atoms with E-state index in [1.165, 1.54) is 18.3 Å². The fourth-order valence-electron chi connectivity index (χ4n) is 2.97. The van der Waals surface area contributed by atoms with E-state index in [1.807, 2.05) is 13.8 Å². The van der Waals surface area contributed by atoms with Gasteiger partial charge in [-0.25, -0.2) is 4.98 Å². The van der Waals surface area contributed by atoms with Gasteiger partial charge in [0.15, 0.2) is 5.82 Å². The minimum Gasteiger partial charge on any atom is -0.491 e. The van der Waals surface area contributed by atoms with Crippen molar-refractivity contribution in [3.63, 3.8) is 0 Å². The Bertz CT molecular complexity index is 1140. The highest BCUT2D eigenvalue weighted by Crippen LogP contribution is 2.34. The van der Waals surface area contributed by atoms with Crippen molar-refractivity contribution in [2.45, 2.75) is 52.3 Å². The van der Waals surface area contributed by atoms with Crippen LogP contribution in [-0.2, 0) is 11.6 Å². The molecule has 3 rings (SSSR count). The lowest BCUT2D eigenvalue weighted by molar-refractivity contribution is -0.137. The van der Waals surface area contributed by atoms with Crippen molar-refractivity contribution in [2.75, 3.05) is 17.2 Å². The molecule has 0 unspecified atom stereocenters. The first-order valence-electron chi connectivity index (χ1n) is 10.5. The Kier molecular flexibility index (Phi) is 7.13. The maximum absolute atomic E-state index is 13.3. The molecule has 0 aliphatic carbocycles. The van der Waals surface area contributed by atoms with E-state index in [4.69, 9.17) is 9.26 Å². The number of alkyl halides is 3. The van der Waals surface area contributed by atoms with E-state index in [0.29, 0.717) is 24.1 Å². The summed E-state index contributed by atoms with van der Waals surface area (Å²) in [6.45, 7) is 9.44. The normalized spacial score (nSPS) is 12.0. The number of rotatable bonds is 8. The van der Waals surface area contributed by atoms with Gasteiger partial charge < -0.3 is 19.9 Å². The van der Waals surface area contributed by atoms with Crippen LogP contribution in [-0.4, -0.2) is 33.7 Å². The number of pyridine rings is 1. The molecule has 2 aromatic heterocycles. The summed E-state index contributed by atoms with van der Waals surface area (Å²) in [4.78, 5) is 21.1. The molecule has 0 spiro atoms. The highest BCUT2D eigenvalue weighted by atomic mass is 19.4. The molecular weight excluding hydrogens is 451 g/mol. The number of carbonyl (C=O) groups excluding carboxylic acids is 1. The zero-order chi connectivity index (χ0) is 25.1. The number of anilines is 2. The van der Waals surface area contributed by atoms with Crippen LogP contribution in [0.15, 0.2) is 41.1 Å². The van der Waals surface area contributed by atoms with Gasteiger partial charge >= 0.3 is 6.18 Å². The molecule has 3 aromatic rings. The van der Waals surface area contributed by atoms with Gasteiger partial charge in [0.1, 0.15) is 11.6 Å². The van der Waals surface area contributed by atoms with Crippen LogP contribution in [0, 0.1) is 6.92 Å². The minimum absolute atomic E-state index is 0.0110. The summed E-state index contributed by atoms with van der Waals surface area (Å²) in [6.07, 6.45) is -3.58. The molecule has 1 amide bonds. The second-order valence-corrected chi connectivity index (χ2v) is 8.68. The van der Waals surface area contributed by atoms with Gasteiger partial charge in [0, 0.05) is 24.5 Å². The van der Waals surface area contributed by atoms with Crippen molar-refractivity contribution in [1.82, 2.24) is 15.1 Å². The van der Waals surface area contributed by atoms with Crippen molar-refractivity contribution in [3.05, 3.63) is 59.4 Å². The lowest BCUT2D eigenvalue weighted by Gasteiger charge is -2.20. The van der Waals surface area contributed by atoms with Crippen molar-refractivity contribution in [1.29, 1.82) is 0 Å². The van der Waals surface area contributed by atoms with Crippen LogP contribution < -0.4 is 15.4 Å². The third-order valence-corrected chi connectivity index (χ3v) is 4.71. The van der Waals surface area contributed by atoms with Crippen LogP contribution in [0.2, 0.25) is 0 Å². The molecule has 0 bridgehead atoms. The lowest BCUT2D eigenvalue weighted by Crippen LogP contribution is -2.28. The average molecular weight is 477 g/mol. The summed E-state index contributed by atoms with van der Waals surface area (Å²) in [7, 11) is 0. The highest BCUT2D eigenvalue weighted by Gasteiger charge is 2.32. The van der Waals surface area contributed by atoms with Crippen LogP contribution in [0.5, 0.6) is 5.75 Å². The fraction of sp³-hybridized carbons (Fsp3) is 0.391. The number of hydrogen-bond acceptors (Lipinski definition) is 7. The van der Waals surface area contributed by atoms with Crippen LogP contribution in [0.25, 0.3) is 0 Å². The number of benzene rings is 1. The minimum atomic E-state index is -4.58. The summed E-state index contributed by atoms with van der Waals surface area (Å²) in [5.74, 6) is 0.940. The molecular formula is C23H26F3N5O3. The van der Waals surface area contributed by atoms with Crippen LogP contribution in [0.1, 0.15) is 55.3 Å². The summed E-state index contributed by atoms with van der Waals surface area (Å²) in [6, 6.07) is 6.22. The molecule has 11 heteroatoms. The number of aromatic nitrogens is 3. The number of nitrogens with one attached hydrogen (secondary N) is 2.